The summed E-state index contributed by atoms with van der Waals surface area (Å²) < 4.78 is 42.0. The average Bonchev–Trinajstić information content (AvgIpc) is 3.27. The van der Waals surface area contributed by atoms with Crippen LogP contribution in [-0.2, 0) is 32.7 Å². The van der Waals surface area contributed by atoms with Crippen molar-refractivity contribution in [2.45, 2.75) is 30.8 Å². The Morgan fingerprint density at radius 3 is 2.29 bits per heavy atom. The summed E-state index contributed by atoms with van der Waals surface area (Å²) in [7, 11) is -4.20. The summed E-state index contributed by atoms with van der Waals surface area (Å²) in [6, 6.07) is 20.5. The fraction of sp³-hybridized carbons (Fsp3) is 0.231. The molecule has 1 fully saturated rings. The van der Waals surface area contributed by atoms with Crippen molar-refractivity contribution in [2.75, 3.05) is 17.4 Å². The van der Waals surface area contributed by atoms with Crippen LogP contribution in [0.25, 0.3) is 0 Å². The summed E-state index contributed by atoms with van der Waals surface area (Å²) in [4.78, 5) is 26.6. The summed E-state index contributed by atoms with van der Waals surface area (Å²) in [5.41, 5.74) is 1.52. The molecule has 7 nitrogen and oxygen atoms in total. The predicted molar refractivity (Wildman–Crippen MR) is 130 cm³/mol. The lowest BCUT2D eigenvalue weighted by molar-refractivity contribution is -0.128. The molecule has 0 bridgehead atoms. The molecular weight excluding hydrogens is 469 g/mol. The maximum Gasteiger partial charge on any atom is 0.264 e. The second-order valence-corrected chi connectivity index (χ2v) is 10.1. The van der Waals surface area contributed by atoms with Crippen LogP contribution in [0.2, 0.25) is 0 Å². The van der Waals surface area contributed by atoms with E-state index in [1.165, 1.54) is 30.3 Å². The van der Waals surface area contributed by atoms with Gasteiger partial charge in [-0.05, 0) is 41.8 Å². The minimum atomic E-state index is -4.20. The maximum atomic E-state index is 14.6. The van der Waals surface area contributed by atoms with Crippen molar-refractivity contribution in [1.82, 2.24) is 10.2 Å². The van der Waals surface area contributed by atoms with E-state index in [9.17, 15) is 22.4 Å². The van der Waals surface area contributed by atoms with Gasteiger partial charge in [0.05, 0.1) is 10.6 Å². The van der Waals surface area contributed by atoms with E-state index in [4.69, 9.17) is 0 Å². The first-order valence-corrected chi connectivity index (χ1v) is 12.7. The molecule has 0 atom stereocenters. The van der Waals surface area contributed by atoms with E-state index < -0.39 is 28.3 Å². The smallest absolute Gasteiger partial charge is 0.264 e. The first-order chi connectivity index (χ1) is 16.9. The van der Waals surface area contributed by atoms with Crippen molar-refractivity contribution < 1.29 is 22.4 Å². The Morgan fingerprint density at radius 2 is 1.60 bits per heavy atom. The summed E-state index contributed by atoms with van der Waals surface area (Å²) in [5, 5.41) is 2.75. The number of anilines is 1. The standard InChI is InChI=1S/C26H26FN3O4S/c27-23-13-6-7-14-24(23)30(35(33,34)22-11-2-1-3-12-22)19-25(31)28-17-20-9-4-5-10-21(20)18-29-16-8-15-26(29)32/h1-7,9-14H,8,15-19H2,(H,28,31). The summed E-state index contributed by atoms with van der Waals surface area (Å²) >= 11 is 0. The van der Waals surface area contributed by atoms with Crippen molar-refractivity contribution in [3.8, 4) is 0 Å². The Labute approximate surface area is 204 Å². The van der Waals surface area contributed by atoms with Crippen LogP contribution in [-0.4, -0.2) is 38.2 Å². The Morgan fingerprint density at radius 1 is 0.943 bits per heavy atom. The van der Waals surface area contributed by atoms with Crippen LogP contribution in [0.15, 0.2) is 83.8 Å². The van der Waals surface area contributed by atoms with Crippen LogP contribution in [0.1, 0.15) is 24.0 Å². The third-order valence-corrected chi connectivity index (χ3v) is 7.64. The van der Waals surface area contributed by atoms with Crippen LogP contribution < -0.4 is 9.62 Å². The molecule has 1 saturated heterocycles. The number of nitrogens with zero attached hydrogens (tertiary/aromatic N) is 2. The number of carbonyl (C=O) groups excluding carboxylic acids is 2. The van der Waals surface area contributed by atoms with E-state index >= 15 is 0 Å². The molecule has 1 heterocycles. The third kappa shape index (κ3) is 5.68. The summed E-state index contributed by atoms with van der Waals surface area (Å²) in [6.07, 6.45) is 1.38. The van der Waals surface area contributed by atoms with Crippen molar-refractivity contribution in [3.63, 3.8) is 0 Å². The van der Waals surface area contributed by atoms with Gasteiger partial charge >= 0.3 is 0 Å². The lowest BCUT2D eigenvalue weighted by atomic mass is 10.1. The molecule has 0 aromatic heterocycles. The largest absolute Gasteiger partial charge is 0.350 e. The number of carbonyl (C=O) groups is 2. The molecule has 3 aromatic rings. The quantitative estimate of drug-likeness (QED) is 0.493. The Kier molecular flexibility index (Phi) is 7.45. The average molecular weight is 496 g/mol. The molecular formula is C26H26FN3O4S. The zero-order valence-electron chi connectivity index (χ0n) is 19.1. The van der Waals surface area contributed by atoms with Crippen LogP contribution >= 0.6 is 0 Å². The van der Waals surface area contributed by atoms with E-state index in [0.717, 1.165) is 27.9 Å². The molecule has 1 aliphatic rings. The van der Waals surface area contributed by atoms with Gasteiger partial charge < -0.3 is 10.2 Å². The highest BCUT2D eigenvalue weighted by molar-refractivity contribution is 7.92. The highest BCUT2D eigenvalue weighted by atomic mass is 32.2. The van der Waals surface area contributed by atoms with Crippen LogP contribution in [0, 0.1) is 5.82 Å². The number of sulfonamides is 1. The molecule has 1 aliphatic heterocycles. The Bertz CT molecular complexity index is 1310. The molecule has 1 N–H and O–H groups in total. The van der Waals surface area contributed by atoms with Crippen LogP contribution in [0.4, 0.5) is 10.1 Å². The second-order valence-electron chi connectivity index (χ2n) is 8.24. The molecule has 4 rings (SSSR count). The number of halogens is 1. The van der Waals surface area contributed by atoms with Gasteiger partial charge in [-0.25, -0.2) is 12.8 Å². The molecule has 182 valence electrons. The number of benzene rings is 3. The zero-order valence-corrected chi connectivity index (χ0v) is 19.9. The van der Waals surface area contributed by atoms with Gasteiger partial charge in [0.2, 0.25) is 11.8 Å². The highest BCUT2D eigenvalue weighted by Gasteiger charge is 2.29. The number of para-hydroxylation sites is 1. The normalized spacial score (nSPS) is 13.6. The minimum Gasteiger partial charge on any atom is -0.350 e. The number of hydrogen-bond acceptors (Lipinski definition) is 4. The summed E-state index contributed by atoms with van der Waals surface area (Å²) in [5.74, 6) is -1.23. The SMILES string of the molecule is O=C(CN(c1ccccc1F)S(=O)(=O)c1ccccc1)NCc1ccccc1CN1CCCC1=O. The Hall–Kier alpha value is -3.72. The fourth-order valence-corrected chi connectivity index (χ4v) is 5.46. The van der Waals surface area contributed by atoms with Gasteiger partial charge in [0.1, 0.15) is 12.4 Å². The van der Waals surface area contributed by atoms with Crippen LogP contribution in [0.5, 0.6) is 0 Å². The molecule has 35 heavy (non-hydrogen) atoms. The number of likely N-dealkylation sites (tertiary alicyclic amines) is 1. The van der Waals surface area contributed by atoms with E-state index in [1.807, 2.05) is 24.3 Å². The maximum absolute atomic E-state index is 14.6. The van der Waals surface area contributed by atoms with Crippen molar-refractivity contribution in [2.24, 2.45) is 0 Å². The highest BCUT2D eigenvalue weighted by Crippen LogP contribution is 2.26. The Balaban J connectivity index is 1.52. The molecule has 0 aliphatic carbocycles. The van der Waals surface area contributed by atoms with Gasteiger partial charge in [-0.15, -0.1) is 0 Å². The van der Waals surface area contributed by atoms with Crippen molar-refractivity contribution >= 4 is 27.5 Å². The van der Waals surface area contributed by atoms with Gasteiger partial charge in [0.15, 0.2) is 0 Å². The molecule has 0 radical (unpaired) electrons. The number of rotatable bonds is 9. The topological polar surface area (TPSA) is 86.8 Å². The molecule has 3 aromatic carbocycles. The van der Waals surface area contributed by atoms with Gasteiger partial charge in [-0.2, -0.15) is 0 Å². The fourth-order valence-electron chi connectivity index (χ4n) is 4.01. The predicted octanol–water partition coefficient (Wildman–Crippen LogP) is 3.46. The van der Waals surface area contributed by atoms with Gasteiger partial charge in [0.25, 0.3) is 10.0 Å². The molecule has 9 heteroatoms. The number of nitrogens with one attached hydrogen (secondary N) is 1. The molecule has 0 spiro atoms. The van der Waals surface area contributed by atoms with Gasteiger partial charge in [-0.3, -0.25) is 13.9 Å². The third-order valence-electron chi connectivity index (χ3n) is 5.87. The lowest BCUT2D eigenvalue weighted by Gasteiger charge is -2.24. The van der Waals surface area contributed by atoms with Crippen LogP contribution in [0.3, 0.4) is 0 Å². The molecule has 2 amide bonds. The first-order valence-electron chi connectivity index (χ1n) is 11.3. The second kappa shape index (κ2) is 10.7. The molecule has 0 unspecified atom stereocenters. The molecule has 0 saturated carbocycles. The van der Waals surface area contributed by atoms with E-state index in [2.05, 4.69) is 5.32 Å². The van der Waals surface area contributed by atoms with E-state index in [1.54, 1.807) is 23.1 Å². The minimum absolute atomic E-state index is 0.0447. The van der Waals surface area contributed by atoms with Crippen molar-refractivity contribution in [1.29, 1.82) is 0 Å². The van der Waals surface area contributed by atoms with Gasteiger partial charge in [-0.1, -0.05) is 54.6 Å². The lowest BCUT2D eigenvalue weighted by Crippen LogP contribution is -2.41. The van der Waals surface area contributed by atoms with E-state index in [-0.39, 0.29) is 23.0 Å². The first kappa shape index (κ1) is 24.4. The number of amides is 2. The summed E-state index contributed by atoms with van der Waals surface area (Å²) in [6.45, 7) is 0.710. The van der Waals surface area contributed by atoms with Crippen molar-refractivity contribution in [3.05, 3.63) is 95.8 Å². The zero-order chi connectivity index (χ0) is 24.8. The van der Waals surface area contributed by atoms with E-state index in [0.29, 0.717) is 19.5 Å². The van der Waals surface area contributed by atoms with Gasteiger partial charge in [0, 0.05) is 26.1 Å². The monoisotopic (exact) mass is 495 g/mol. The number of hydrogen-bond donors (Lipinski definition) is 1.